The van der Waals surface area contributed by atoms with Crippen molar-refractivity contribution in [3.8, 4) is 0 Å². The van der Waals surface area contributed by atoms with Crippen LogP contribution in [-0.4, -0.2) is 36.5 Å². The number of rotatable bonds is 6. The zero-order valence-corrected chi connectivity index (χ0v) is 11.1. The van der Waals surface area contributed by atoms with Crippen molar-refractivity contribution >= 4 is 29.2 Å². The van der Waals surface area contributed by atoms with E-state index in [9.17, 15) is 10.1 Å². The van der Waals surface area contributed by atoms with Crippen molar-refractivity contribution < 1.29 is 9.66 Å². The molecule has 0 bridgehead atoms. The quantitative estimate of drug-likeness (QED) is 0.266. The van der Waals surface area contributed by atoms with Crippen molar-refractivity contribution in [2.75, 3.05) is 20.3 Å². The fourth-order valence-corrected chi connectivity index (χ4v) is 1.38. The van der Waals surface area contributed by atoms with Gasteiger partial charge in [-0.15, -0.1) is 0 Å². The highest BCUT2D eigenvalue weighted by atomic mass is 32.1. The highest BCUT2D eigenvalue weighted by Gasteiger charge is 2.09. The number of nitrogens with one attached hydrogen (secondary N) is 2. The number of para-hydroxylation sites is 1. The van der Waals surface area contributed by atoms with Gasteiger partial charge >= 0.3 is 0 Å². The second-order valence-corrected chi connectivity index (χ2v) is 3.84. The van der Waals surface area contributed by atoms with Crippen LogP contribution in [0.1, 0.15) is 5.56 Å². The van der Waals surface area contributed by atoms with E-state index < -0.39 is 4.92 Å². The first-order valence-corrected chi connectivity index (χ1v) is 5.85. The molecule has 7 nitrogen and oxygen atoms in total. The summed E-state index contributed by atoms with van der Waals surface area (Å²) in [5.74, 6) is 0. The Morgan fingerprint density at radius 3 is 3.00 bits per heavy atom. The molecule has 0 aromatic heterocycles. The molecule has 1 rings (SSSR count). The summed E-state index contributed by atoms with van der Waals surface area (Å²) in [7, 11) is 1.59. The fraction of sp³-hybridized carbons (Fsp3) is 0.273. The maximum atomic E-state index is 10.8. The van der Waals surface area contributed by atoms with E-state index in [1.54, 1.807) is 25.3 Å². The van der Waals surface area contributed by atoms with E-state index in [4.69, 9.17) is 17.0 Å². The summed E-state index contributed by atoms with van der Waals surface area (Å²) >= 11 is 4.94. The van der Waals surface area contributed by atoms with Gasteiger partial charge in [0.2, 0.25) is 0 Å². The molecule has 0 radical (unpaired) electrons. The topological polar surface area (TPSA) is 88.8 Å². The molecule has 0 heterocycles. The number of nitrogens with zero attached hydrogens (tertiary/aromatic N) is 2. The van der Waals surface area contributed by atoms with Crippen LogP contribution in [0.15, 0.2) is 29.4 Å². The first kappa shape index (κ1) is 15.0. The van der Waals surface area contributed by atoms with Gasteiger partial charge in [-0.3, -0.25) is 15.5 Å². The molecule has 102 valence electrons. The van der Waals surface area contributed by atoms with Gasteiger partial charge in [0, 0.05) is 19.7 Å². The van der Waals surface area contributed by atoms with Crippen molar-refractivity contribution in [1.29, 1.82) is 0 Å². The van der Waals surface area contributed by atoms with E-state index in [0.29, 0.717) is 23.8 Å². The molecule has 0 aliphatic rings. The number of hydrazone groups is 1. The zero-order chi connectivity index (χ0) is 14.1. The average Bonchev–Trinajstić information content (AvgIpc) is 2.39. The summed E-state index contributed by atoms with van der Waals surface area (Å²) in [5.41, 5.74) is 2.96. The smallest absolute Gasteiger partial charge is 0.278 e. The summed E-state index contributed by atoms with van der Waals surface area (Å²) in [4.78, 5) is 10.3. The number of benzene rings is 1. The Morgan fingerprint density at radius 1 is 1.58 bits per heavy atom. The first-order chi connectivity index (χ1) is 9.15. The van der Waals surface area contributed by atoms with Crippen LogP contribution in [0.5, 0.6) is 0 Å². The predicted molar refractivity (Wildman–Crippen MR) is 76.3 cm³/mol. The number of hydrogen-bond donors (Lipinski definition) is 2. The minimum Gasteiger partial charge on any atom is -0.383 e. The zero-order valence-electron chi connectivity index (χ0n) is 10.3. The van der Waals surface area contributed by atoms with E-state index in [2.05, 4.69) is 15.8 Å². The van der Waals surface area contributed by atoms with Crippen molar-refractivity contribution in [2.24, 2.45) is 5.10 Å². The van der Waals surface area contributed by atoms with Crippen molar-refractivity contribution in [1.82, 2.24) is 10.7 Å². The van der Waals surface area contributed by atoms with Crippen LogP contribution >= 0.6 is 12.2 Å². The Morgan fingerprint density at radius 2 is 2.32 bits per heavy atom. The third kappa shape index (κ3) is 5.40. The van der Waals surface area contributed by atoms with Crippen molar-refractivity contribution in [2.45, 2.75) is 0 Å². The van der Waals surface area contributed by atoms with Gasteiger partial charge in [-0.1, -0.05) is 12.1 Å². The van der Waals surface area contributed by atoms with E-state index in [1.807, 2.05) is 0 Å². The summed E-state index contributed by atoms with van der Waals surface area (Å²) < 4.78 is 4.84. The molecule has 0 saturated heterocycles. The fourth-order valence-electron chi connectivity index (χ4n) is 1.23. The summed E-state index contributed by atoms with van der Waals surface area (Å²) in [5, 5.41) is 17.8. The van der Waals surface area contributed by atoms with Crippen LogP contribution < -0.4 is 10.7 Å². The van der Waals surface area contributed by atoms with Crippen LogP contribution in [0.2, 0.25) is 0 Å². The van der Waals surface area contributed by atoms with Gasteiger partial charge < -0.3 is 10.1 Å². The number of ether oxygens (including phenoxy) is 1. The summed E-state index contributed by atoms with van der Waals surface area (Å²) in [6.45, 7) is 1.08. The molecule has 1 aromatic rings. The number of methoxy groups -OCH3 is 1. The van der Waals surface area contributed by atoms with Crippen LogP contribution in [-0.2, 0) is 4.74 Å². The Kier molecular flexibility index (Phi) is 6.41. The molecule has 0 unspecified atom stereocenters. The standard InChI is InChI=1S/C11H14N4O3S/c1-18-7-6-12-11(19)14-13-8-9-4-2-3-5-10(9)15(16)17/h2-5,8H,6-7H2,1H3,(H2,12,14,19)/b13-8-. The van der Waals surface area contributed by atoms with Gasteiger partial charge in [0.05, 0.1) is 23.3 Å². The second-order valence-electron chi connectivity index (χ2n) is 3.43. The Balaban J connectivity index is 2.53. The molecular formula is C11H14N4O3S. The summed E-state index contributed by atoms with van der Waals surface area (Å²) in [6.07, 6.45) is 1.35. The molecule has 0 fully saturated rings. The average molecular weight is 282 g/mol. The molecule has 0 amide bonds. The van der Waals surface area contributed by atoms with E-state index in [-0.39, 0.29) is 5.69 Å². The number of thiocarbonyl (C=S) groups is 1. The van der Waals surface area contributed by atoms with Gasteiger partial charge in [-0.2, -0.15) is 5.10 Å². The molecule has 0 spiro atoms. The Labute approximate surface area is 115 Å². The Hall–Kier alpha value is -2.06. The molecule has 0 aliphatic heterocycles. The molecule has 8 heteroatoms. The van der Waals surface area contributed by atoms with Crippen molar-refractivity contribution in [3.05, 3.63) is 39.9 Å². The lowest BCUT2D eigenvalue weighted by molar-refractivity contribution is -0.385. The van der Waals surface area contributed by atoms with Crippen LogP contribution in [0.25, 0.3) is 0 Å². The Bertz CT molecular complexity index is 479. The number of nitro benzene ring substituents is 1. The summed E-state index contributed by atoms with van der Waals surface area (Å²) in [6, 6.07) is 6.31. The molecular weight excluding hydrogens is 268 g/mol. The largest absolute Gasteiger partial charge is 0.383 e. The van der Waals surface area contributed by atoms with Crippen LogP contribution in [0, 0.1) is 10.1 Å². The van der Waals surface area contributed by atoms with E-state index >= 15 is 0 Å². The normalized spacial score (nSPS) is 10.4. The maximum absolute atomic E-state index is 10.8. The van der Waals surface area contributed by atoms with Crippen molar-refractivity contribution in [3.63, 3.8) is 0 Å². The monoisotopic (exact) mass is 282 g/mol. The molecule has 0 saturated carbocycles. The number of nitro groups is 1. The lowest BCUT2D eigenvalue weighted by Gasteiger charge is -2.05. The van der Waals surface area contributed by atoms with Crippen LogP contribution in [0.4, 0.5) is 5.69 Å². The lowest BCUT2D eigenvalue weighted by atomic mass is 10.2. The molecule has 19 heavy (non-hydrogen) atoms. The minimum absolute atomic E-state index is 0.00805. The second kappa shape index (κ2) is 8.11. The molecule has 1 aromatic carbocycles. The lowest BCUT2D eigenvalue weighted by Crippen LogP contribution is -2.34. The van der Waals surface area contributed by atoms with Gasteiger partial charge in [0.15, 0.2) is 5.11 Å². The van der Waals surface area contributed by atoms with E-state index in [1.165, 1.54) is 12.3 Å². The molecule has 0 atom stereocenters. The molecule has 2 N–H and O–H groups in total. The predicted octanol–water partition coefficient (Wildman–Crippen LogP) is 1.04. The van der Waals surface area contributed by atoms with Gasteiger partial charge in [0.25, 0.3) is 5.69 Å². The third-order valence-corrected chi connectivity index (χ3v) is 2.33. The van der Waals surface area contributed by atoms with Crippen LogP contribution in [0.3, 0.4) is 0 Å². The first-order valence-electron chi connectivity index (χ1n) is 5.44. The number of hydrogen-bond acceptors (Lipinski definition) is 5. The minimum atomic E-state index is -0.462. The highest BCUT2D eigenvalue weighted by molar-refractivity contribution is 7.80. The van der Waals surface area contributed by atoms with Gasteiger partial charge in [0.1, 0.15) is 0 Å². The molecule has 0 aliphatic carbocycles. The maximum Gasteiger partial charge on any atom is 0.278 e. The van der Waals surface area contributed by atoms with Gasteiger partial charge in [-0.25, -0.2) is 0 Å². The SMILES string of the molecule is COCCNC(=S)N/N=C\c1ccccc1[N+](=O)[O-]. The highest BCUT2D eigenvalue weighted by Crippen LogP contribution is 2.14. The van der Waals surface area contributed by atoms with E-state index in [0.717, 1.165) is 0 Å². The van der Waals surface area contributed by atoms with Gasteiger partial charge in [-0.05, 0) is 18.3 Å². The third-order valence-electron chi connectivity index (χ3n) is 2.09.